The molecule has 3 aromatic rings. The van der Waals surface area contributed by atoms with Gasteiger partial charge in [-0.1, -0.05) is 0 Å². The normalized spacial score (nSPS) is 11.5. The van der Waals surface area contributed by atoms with Gasteiger partial charge in [0.05, 0.1) is 24.0 Å². The van der Waals surface area contributed by atoms with E-state index in [-0.39, 0.29) is 34.5 Å². The molecule has 2 aromatic heterocycles. The van der Waals surface area contributed by atoms with Gasteiger partial charge in [0.25, 0.3) is 0 Å². The number of halogens is 3. The fraction of sp³-hybridized carbons (Fsp3) is 0.118. The summed E-state index contributed by atoms with van der Waals surface area (Å²) in [6, 6.07) is 6.35. The molecule has 0 spiro atoms. The molecule has 0 unspecified atom stereocenters. The molecule has 0 fully saturated rings. The number of hydrogen-bond donors (Lipinski definition) is 2. The monoisotopic (exact) mass is 411 g/mol. The number of rotatable bonds is 5. The first kappa shape index (κ1) is 19.5. The number of alkyl halides is 3. The van der Waals surface area contributed by atoms with Crippen LogP contribution in [-0.2, 0) is 6.54 Å². The zero-order valence-corrected chi connectivity index (χ0v) is 14.7. The molecule has 146 valence electrons. The van der Waals surface area contributed by atoms with Crippen LogP contribution in [0.5, 0.6) is 5.88 Å². The number of aromatic carboxylic acids is 1. The van der Waals surface area contributed by atoms with Crippen LogP contribution in [-0.4, -0.2) is 35.8 Å². The molecule has 0 aliphatic rings. The molecular weight excluding hydrogens is 399 g/mol. The van der Waals surface area contributed by atoms with E-state index in [0.717, 1.165) is 21.5 Å². The Hall–Kier alpha value is -3.21. The number of hydrogen-bond acceptors (Lipinski definition) is 5. The Labute approximate surface area is 159 Å². The Morgan fingerprint density at radius 3 is 2.46 bits per heavy atom. The molecule has 1 aromatic carbocycles. The van der Waals surface area contributed by atoms with E-state index in [4.69, 9.17) is 0 Å². The van der Waals surface area contributed by atoms with Crippen LogP contribution in [0.15, 0.2) is 58.6 Å². The summed E-state index contributed by atoms with van der Waals surface area (Å²) in [5.74, 6) is -1.65. The largest absolute Gasteiger partial charge is 0.493 e. The molecule has 2 heterocycles. The molecule has 7 nitrogen and oxygen atoms in total. The van der Waals surface area contributed by atoms with Crippen molar-refractivity contribution in [3.63, 3.8) is 0 Å². The van der Waals surface area contributed by atoms with E-state index in [0.29, 0.717) is 5.56 Å². The average Bonchev–Trinajstić information content (AvgIpc) is 2.88. The van der Waals surface area contributed by atoms with Crippen molar-refractivity contribution in [3.05, 3.63) is 70.5 Å². The SMILES string of the molecule is O=C(O)c1cnccc1Cn1cc(O)n(-c2ccc(SC(F)(F)F)cc2)c1=O. The molecule has 0 radical (unpaired) electrons. The van der Waals surface area contributed by atoms with Gasteiger partial charge in [0.2, 0.25) is 5.88 Å². The van der Waals surface area contributed by atoms with Crippen molar-refractivity contribution >= 4 is 17.7 Å². The molecule has 0 saturated heterocycles. The smallest absolute Gasteiger partial charge is 0.446 e. The fourth-order valence-electron chi connectivity index (χ4n) is 2.57. The van der Waals surface area contributed by atoms with Crippen LogP contribution in [0, 0.1) is 0 Å². The third-order valence-electron chi connectivity index (χ3n) is 3.75. The molecular formula is C17H12F3N3O4S. The van der Waals surface area contributed by atoms with Gasteiger partial charge in [0.15, 0.2) is 0 Å². The quantitative estimate of drug-likeness (QED) is 0.627. The highest BCUT2D eigenvalue weighted by Crippen LogP contribution is 2.37. The molecule has 0 aliphatic heterocycles. The molecule has 3 rings (SSSR count). The number of aromatic hydroxyl groups is 1. The number of aromatic nitrogens is 3. The molecule has 0 aliphatic carbocycles. The lowest BCUT2D eigenvalue weighted by atomic mass is 10.1. The zero-order valence-electron chi connectivity index (χ0n) is 13.9. The minimum absolute atomic E-state index is 0.0638. The number of carboxylic acids is 1. The van der Waals surface area contributed by atoms with Crippen molar-refractivity contribution in [2.24, 2.45) is 0 Å². The number of thioether (sulfide) groups is 1. The van der Waals surface area contributed by atoms with E-state index in [2.05, 4.69) is 4.98 Å². The molecule has 28 heavy (non-hydrogen) atoms. The summed E-state index contributed by atoms with van der Waals surface area (Å²) in [6.07, 6.45) is 3.64. The summed E-state index contributed by atoms with van der Waals surface area (Å²) in [4.78, 5) is 27.5. The van der Waals surface area contributed by atoms with Crippen molar-refractivity contribution < 1.29 is 28.2 Å². The zero-order chi connectivity index (χ0) is 20.5. The maximum Gasteiger partial charge on any atom is 0.446 e. The van der Waals surface area contributed by atoms with Crippen LogP contribution in [0.1, 0.15) is 15.9 Å². The highest BCUT2D eigenvalue weighted by Gasteiger charge is 2.29. The molecule has 2 N–H and O–H groups in total. The Bertz CT molecular complexity index is 1070. The summed E-state index contributed by atoms with van der Waals surface area (Å²) < 4.78 is 39.2. The van der Waals surface area contributed by atoms with E-state index >= 15 is 0 Å². The van der Waals surface area contributed by atoms with Crippen LogP contribution in [0.3, 0.4) is 0 Å². The third kappa shape index (κ3) is 4.19. The van der Waals surface area contributed by atoms with Crippen molar-refractivity contribution in [1.29, 1.82) is 0 Å². The van der Waals surface area contributed by atoms with Gasteiger partial charge in [-0.25, -0.2) is 14.2 Å². The summed E-state index contributed by atoms with van der Waals surface area (Å²) in [5, 5.41) is 19.3. The first-order valence-corrected chi connectivity index (χ1v) is 8.51. The predicted molar refractivity (Wildman–Crippen MR) is 93.9 cm³/mol. The standard InChI is InChI=1S/C17H12F3N3O4S/c18-17(19,20)28-12-3-1-11(2-4-12)23-14(24)9-22(16(23)27)8-10-5-6-21-7-13(10)15(25)26/h1-7,9,24H,8H2,(H,25,26). The molecule has 0 bridgehead atoms. The fourth-order valence-corrected chi connectivity index (χ4v) is 3.11. The van der Waals surface area contributed by atoms with E-state index in [1.54, 1.807) is 0 Å². The van der Waals surface area contributed by atoms with Crippen LogP contribution < -0.4 is 5.69 Å². The second-order valence-electron chi connectivity index (χ2n) is 5.61. The molecule has 0 saturated carbocycles. The van der Waals surface area contributed by atoms with Crippen LogP contribution in [0.4, 0.5) is 13.2 Å². The van der Waals surface area contributed by atoms with Crippen LogP contribution in [0.25, 0.3) is 5.69 Å². The Morgan fingerprint density at radius 1 is 1.18 bits per heavy atom. The third-order valence-corrected chi connectivity index (χ3v) is 4.49. The number of pyridine rings is 1. The van der Waals surface area contributed by atoms with Crippen LogP contribution in [0.2, 0.25) is 0 Å². The maximum atomic E-state index is 12.6. The Balaban J connectivity index is 1.93. The second kappa shape index (κ2) is 7.43. The minimum Gasteiger partial charge on any atom is -0.493 e. The molecule has 11 heteroatoms. The average molecular weight is 411 g/mol. The summed E-state index contributed by atoms with van der Waals surface area (Å²) in [5.41, 5.74) is -4.73. The highest BCUT2D eigenvalue weighted by molar-refractivity contribution is 8.00. The second-order valence-corrected chi connectivity index (χ2v) is 6.75. The summed E-state index contributed by atoms with van der Waals surface area (Å²) >= 11 is -0.292. The van der Waals surface area contributed by atoms with Gasteiger partial charge in [-0.15, -0.1) is 0 Å². The van der Waals surface area contributed by atoms with Gasteiger partial charge >= 0.3 is 17.2 Å². The highest BCUT2D eigenvalue weighted by atomic mass is 32.2. The summed E-state index contributed by atoms with van der Waals surface area (Å²) in [7, 11) is 0. The van der Waals surface area contributed by atoms with Gasteiger partial charge in [0, 0.05) is 17.3 Å². The van der Waals surface area contributed by atoms with E-state index in [1.807, 2.05) is 0 Å². The van der Waals surface area contributed by atoms with E-state index in [1.165, 1.54) is 36.5 Å². The van der Waals surface area contributed by atoms with E-state index in [9.17, 15) is 33.0 Å². The van der Waals surface area contributed by atoms with Crippen molar-refractivity contribution in [2.45, 2.75) is 16.9 Å². The topological polar surface area (TPSA) is 97.3 Å². The lowest BCUT2D eigenvalue weighted by Gasteiger charge is -2.07. The lowest BCUT2D eigenvalue weighted by molar-refractivity contribution is -0.0328. The minimum atomic E-state index is -4.43. The van der Waals surface area contributed by atoms with Gasteiger partial charge in [-0.3, -0.25) is 9.55 Å². The van der Waals surface area contributed by atoms with Gasteiger partial charge in [-0.2, -0.15) is 13.2 Å². The molecule has 0 amide bonds. The lowest BCUT2D eigenvalue weighted by Crippen LogP contribution is -2.24. The van der Waals surface area contributed by atoms with Gasteiger partial charge in [0.1, 0.15) is 0 Å². The van der Waals surface area contributed by atoms with E-state index < -0.39 is 23.0 Å². The van der Waals surface area contributed by atoms with Crippen molar-refractivity contribution in [2.75, 3.05) is 0 Å². The predicted octanol–water partition coefficient (Wildman–Crippen LogP) is 3.10. The number of imidazole rings is 1. The first-order valence-electron chi connectivity index (χ1n) is 7.69. The van der Waals surface area contributed by atoms with Gasteiger partial charge in [-0.05, 0) is 47.7 Å². The van der Waals surface area contributed by atoms with Crippen molar-refractivity contribution in [3.8, 4) is 11.6 Å². The van der Waals surface area contributed by atoms with Crippen LogP contribution >= 0.6 is 11.8 Å². The van der Waals surface area contributed by atoms with Crippen molar-refractivity contribution in [1.82, 2.24) is 14.1 Å². The summed E-state index contributed by atoms with van der Waals surface area (Å²) in [6.45, 7) is -0.133. The number of nitrogens with zero attached hydrogens (tertiary/aromatic N) is 3. The maximum absolute atomic E-state index is 12.6. The number of benzene rings is 1. The molecule has 0 atom stereocenters. The first-order chi connectivity index (χ1) is 13.2. The Morgan fingerprint density at radius 2 is 1.86 bits per heavy atom. The van der Waals surface area contributed by atoms with Gasteiger partial charge < -0.3 is 10.2 Å². The number of carboxylic acid groups (broad SMARTS) is 1. The number of carbonyl (C=O) groups is 1. The Kier molecular flexibility index (Phi) is 5.18.